The number of aliphatic hydroxyl groups is 1. The molecule has 3 N–H and O–H groups in total. The Hall–Kier alpha value is -0.940. The van der Waals surface area contributed by atoms with Gasteiger partial charge in [0.25, 0.3) is 0 Å². The summed E-state index contributed by atoms with van der Waals surface area (Å²) in [5.74, 6) is 0. The largest absolute Gasteiger partial charge is 0.394 e. The second-order valence-corrected chi connectivity index (χ2v) is 5.22. The number of benzene rings is 1. The van der Waals surface area contributed by atoms with Gasteiger partial charge in [0.05, 0.1) is 12.1 Å². The Morgan fingerprint density at radius 3 is 2.22 bits per heavy atom. The van der Waals surface area contributed by atoms with Gasteiger partial charge >= 0.3 is 0 Å². The molecule has 0 aliphatic heterocycles. The molecule has 4 heteroatoms. The summed E-state index contributed by atoms with van der Waals surface area (Å²) in [5.41, 5.74) is 6.60. The molecule has 0 aliphatic rings. The number of likely N-dealkylation sites (N-methyl/N-ethyl adjacent to an activating group) is 2. The maximum Gasteiger partial charge on any atom is 0.0772 e. The van der Waals surface area contributed by atoms with Crippen LogP contribution in [0.4, 0.5) is 0 Å². The standard InChI is InChI=1S/C14H25N3O/c1-16(2)9-10-17(3)11-14(15,12-18)13-7-5-4-6-8-13/h4-8,18H,9-12,15H2,1-3H3. The predicted molar refractivity (Wildman–Crippen MR) is 75.4 cm³/mol. The van der Waals surface area contributed by atoms with Gasteiger partial charge < -0.3 is 20.6 Å². The Labute approximate surface area is 110 Å². The van der Waals surface area contributed by atoms with E-state index in [1.165, 1.54) is 0 Å². The highest BCUT2D eigenvalue weighted by molar-refractivity contribution is 5.24. The number of hydrogen-bond donors (Lipinski definition) is 2. The predicted octanol–water partition coefficient (Wildman–Crippen LogP) is 0.326. The van der Waals surface area contributed by atoms with Crippen molar-refractivity contribution in [1.29, 1.82) is 0 Å². The molecular weight excluding hydrogens is 226 g/mol. The molecule has 0 spiro atoms. The number of aliphatic hydroxyl groups excluding tert-OH is 1. The summed E-state index contributed by atoms with van der Waals surface area (Å²) < 4.78 is 0. The fourth-order valence-electron chi connectivity index (χ4n) is 1.93. The van der Waals surface area contributed by atoms with Gasteiger partial charge in [-0.1, -0.05) is 30.3 Å². The average Bonchev–Trinajstić information content (AvgIpc) is 2.37. The molecule has 0 saturated carbocycles. The highest BCUT2D eigenvalue weighted by atomic mass is 16.3. The van der Waals surface area contributed by atoms with Crippen molar-refractivity contribution in [3.63, 3.8) is 0 Å². The van der Waals surface area contributed by atoms with Crippen molar-refractivity contribution in [3.8, 4) is 0 Å². The van der Waals surface area contributed by atoms with Crippen molar-refractivity contribution < 1.29 is 5.11 Å². The van der Waals surface area contributed by atoms with E-state index in [0.29, 0.717) is 6.54 Å². The Bertz CT molecular complexity index is 342. The summed E-state index contributed by atoms with van der Waals surface area (Å²) in [7, 11) is 6.13. The lowest BCUT2D eigenvalue weighted by molar-refractivity contribution is 0.145. The van der Waals surface area contributed by atoms with Crippen molar-refractivity contribution in [2.45, 2.75) is 5.54 Å². The van der Waals surface area contributed by atoms with E-state index in [2.05, 4.69) is 9.80 Å². The maximum absolute atomic E-state index is 9.60. The third-order valence-corrected chi connectivity index (χ3v) is 3.11. The fourth-order valence-corrected chi connectivity index (χ4v) is 1.93. The van der Waals surface area contributed by atoms with Crippen molar-refractivity contribution >= 4 is 0 Å². The lowest BCUT2D eigenvalue weighted by Gasteiger charge is -2.33. The van der Waals surface area contributed by atoms with Crippen LogP contribution in [-0.4, -0.2) is 62.3 Å². The van der Waals surface area contributed by atoms with Crippen LogP contribution in [0.15, 0.2) is 30.3 Å². The number of rotatable bonds is 7. The van der Waals surface area contributed by atoms with Crippen molar-refractivity contribution in [2.24, 2.45) is 5.73 Å². The monoisotopic (exact) mass is 251 g/mol. The zero-order valence-electron chi connectivity index (χ0n) is 11.6. The van der Waals surface area contributed by atoms with Gasteiger partial charge in [0.2, 0.25) is 0 Å². The van der Waals surface area contributed by atoms with E-state index >= 15 is 0 Å². The minimum atomic E-state index is -0.692. The van der Waals surface area contributed by atoms with Gasteiger partial charge in [0.15, 0.2) is 0 Å². The molecule has 0 amide bonds. The molecule has 0 heterocycles. The topological polar surface area (TPSA) is 52.7 Å². The van der Waals surface area contributed by atoms with Gasteiger partial charge in [-0.2, -0.15) is 0 Å². The third-order valence-electron chi connectivity index (χ3n) is 3.11. The second-order valence-electron chi connectivity index (χ2n) is 5.22. The molecule has 0 radical (unpaired) electrons. The molecule has 0 saturated heterocycles. The smallest absolute Gasteiger partial charge is 0.0772 e. The number of nitrogens with zero attached hydrogens (tertiary/aromatic N) is 2. The summed E-state index contributed by atoms with van der Waals surface area (Å²) in [6.07, 6.45) is 0. The van der Waals surface area contributed by atoms with Crippen LogP contribution in [0.5, 0.6) is 0 Å². The number of nitrogens with two attached hydrogens (primary N) is 1. The quantitative estimate of drug-likeness (QED) is 0.733. The van der Waals surface area contributed by atoms with Crippen molar-refractivity contribution in [1.82, 2.24) is 9.80 Å². The zero-order chi connectivity index (χ0) is 13.6. The Kier molecular flexibility index (Phi) is 5.75. The first kappa shape index (κ1) is 15.1. The van der Waals surface area contributed by atoms with Gasteiger partial charge in [0.1, 0.15) is 0 Å². The van der Waals surface area contributed by atoms with E-state index < -0.39 is 5.54 Å². The maximum atomic E-state index is 9.60. The summed E-state index contributed by atoms with van der Waals surface area (Å²) in [5, 5.41) is 9.60. The number of hydrogen-bond acceptors (Lipinski definition) is 4. The second kappa shape index (κ2) is 6.85. The summed E-state index contributed by atoms with van der Waals surface area (Å²) >= 11 is 0. The van der Waals surface area contributed by atoms with E-state index in [4.69, 9.17) is 5.73 Å². The van der Waals surface area contributed by atoms with Crippen LogP contribution >= 0.6 is 0 Å². The van der Waals surface area contributed by atoms with Gasteiger partial charge in [0, 0.05) is 19.6 Å². The lowest BCUT2D eigenvalue weighted by atomic mass is 9.91. The molecule has 1 unspecified atom stereocenters. The Morgan fingerprint density at radius 1 is 1.11 bits per heavy atom. The van der Waals surface area contributed by atoms with Crippen molar-refractivity contribution in [2.75, 3.05) is 47.4 Å². The van der Waals surface area contributed by atoms with E-state index in [-0.39, 0.29) is 6.61 Å². The zero-order valence-corrected chi connectivity index (χ0v) is 11.6. The van der Waals surface area contributed by atoms with Crippen LogP contribution in [0.3, 0.4) is 0 Å². The Balaban J connectivity index is 2.65. The van der Waals surface area contributed by atoms with E-state index in [1.807, 2.05) is 51.5 Å². The summed E-state index contributed by atoms with van der Waals surface area (Å²) in [6.45, 7) is 2.50. The molecule has 1 aromatic rings. The Morgan fingerprint density at radius 2 is 1.72 bits per heavy atom. The molecule has 1 aromatic carbocycles. The SMILES string of the molecule is CN(C)CCN(C)CC(N)(CO)c1ccccc1. The molecule has 0 bridgehead atoms. The molecule has 0 aromatic heterocycles. The normalized spacial score (nSPS) is 15.1. The first-order valence-electron chi connectivity index (χ1n) is 6.26. The molecule has 1 rings (SSSR count). The minimum Gasteiger partial charge on any atom is -0.394 e. The van der Waals surface area contributed by atoms with Crippen LogP contribution in [0.2, 0.25) is 0 Å². The van der Waals surface area contributed by atoms with Crippen LogP contribution in [0, 0.1) is 0 Å². The third kappa shape index (κ3) is 4.38. The molecule has 0 fully saturated rings. The van der Waals surface area contributed by atoms with E-state index in [1.54, 1.807) is 0 Å². The van der Waals surface area contributed by atoms with Crippen LogP contribution in [-0.2, 0) is 5.54 Å². The first-order chi connectivity index (χ1) is 8.48. The molecule has 102 valence electrons. The molecular formula is C14H25N3O. The van der Waals surface area contributed by atoms with Gasteiger partial charge in [-0.3, -0.25) is 0 Å². The van der Waals surface area contributed by atoms with Gasteiger partial charge in [-0.25, -0.2) is 0 Å². The average molecular weight is 251 g/mol. The van der Waals surface area contributed by atoms with Gasteiger partial charge in [-0.05, 0) is 26.7 Å². The highest BCUT2D eigenvalue weighted by Gasteiger charge is 2.27. The fraction of sp³-hybridized carbons (Fsp3) is 0.571. The highest BCUT2D eigenvalue weighted by Crippen LogP contribution is 2.18. The molecule has 18 heavy (non-hydrogen) atoms. The molecule has 1 atom stereocenters. The van der Waals surface area contributed by atoms with Crippen LogP contribution < -0.4 is 5.73 Å². The summed E-state index contributed by atoms with van der Waals surface area (Å²) in [6, 6.07) is 9.79. The minimum absolute atomic E-state index is 0.0523. The summed E-state index contributed by atoms with van der Waals surface area (Å²) in [4.78, 5) is 4.29. The van der Waals surface area contributed by atoms with E-state index in [9.17, 15) is 5.11 Å². The lowest BCUT2D eigenvalue weighted by Crippen LogP contribution is -2.50. The van der Waals surface area contributed by atoms with Crippen molar-refractivity contribution in [3.05, 3.63) is 35.9 Å². The van der Waals surface area contributed by atoms with E-state index in [0.717, 1.165) is 18.7 Å². The molecule has 0 aliphatic carbocycles. The van der Waals surface area contributed by atoms with Gasteiger partial charge in [-0.15, -0.1) is 0 Å². The van der Waals surface area contributed by atoms with Crippen LogP contribution in [0.1, 0.15) is 5.56 Å². The molecule has 4 nitrogen and oxygen atoms in total. The van der Waals surface area contributed by atoms with Crippen LogP contribution in [0.25, 0.3) is 0 Å². The first-order valence-corrected chi connectivity index (χ1v) is 6.26.